The van der Waals surface area contributed by atoms with Crippen LogP contribution >= 0.6 is 0 Å². The van der Waals surface area contributed by atoms with E-state index in [9.17, 15) is 0 Å². The van der Waals surface area contributed by atoms with Crippen LogP contribution in [0.15, 0.2) is 54.6 Å². The van der Waals surface area contributed by atoms with E-state index in [2.05, 4.69) is 31.8 Å². The fourth-order valence-electron chi connectivity index (χ4n) is 2.72. The van der Waals surface area contributed by atoms with Gasteiger partial charge in [0.1, 0.15) is 5.29 Å². The lowest BCUT2D eigenvalue weighted by molar-refractivity contribution is 0.256. The Labute approximate surface area is 122 Å². The van der Waals surface area contributed by atoms with E-state index < -0.39 is 13.4 Å². The number of benzene rings is 2. The molecule has 20 heavy (non-hydrogen) atoms. The highest BCUT2D eigenvalue weighted by atomic mass is 28.3. The monoisotopic (exact) mass is 286 g/mol. The SMILES string of the molecule is CCC(F)(c1ccc(-c2ccccc2)cc1)[Si](C)(C)C. The van der Waals surface area contributed by atoms with Gasteiger partial charge < -0.3 is 0 Å². The lowest BCUT2D eigenvalue weighted by atomic mass is 10.0. The predicted molar refractivity (Wildman–Crippen MR) is 88.3 cm³/mol. The third-order valence-corrected chi connectivity index (χ3v) is 7.15. The van der Waals surface area contributed by atoms with Crippen molar-refractivity contribution in [1.29, 1.82) is 0 Å². The Morgan fingerprint density at radius 3 is 1.80 bits per heavy atom. The molecule has 0 N–H and O–H groups in total. The minimum Gasteiger partial charge on any atom is -0.243 e. The van der Waals surface area contributed by atoms with Crippen LogP contribution in [-0.2, 0) is 5.29 Å². The normalized spacial score (nSPS) is 14.8. The van der Waals surface area contributed by atoms with Gasteiger partial charge in [-0.2, -0.15) is 0 Å². The molecule has 1 unspecified atom stereocenters. The first-order valence-corrected chi connectivity index (χ1v) is 10.7. The van der Waals surface area contributed by atoms with E-state index in [1.807, 2.05) is 49.4 Å². The smallest absolute Gasteiger partial charge is 0.123 e. The van der Waals surface area contributed by atoms with Crippen LogP contribution in [0.1, 0.15) is 18.9 Å². The summed E-state index contributed by atoms with van der Waals surface area (Å²) in [6, 6.07) is 18.2. The molecule has 0 aromatic heterocycles. The molecule has 0 aliphatic heterocycles. The number of hydrogen-bond acceptors (Lipinski definition) is 0. The maximum Gasteiger partial charge on any atom is 0.123 e. The van der Waals surface area contributed by atoms with Crippen LogP contribution in [0.25, 0.3) is 11.1 Å². The van der Waals surface area contributed by atoms with E-state index in [-0.39, 0.29) is 0 Å². The topological polar surface area (TPSA) is 0 Å². The van der Waals surface area contributed by atoms with Gasteiger partial charge in [-0.05, 0) is 23.1 Å². The van der Waals surface area contributed by atoms with Crippen molar-refractivity contribution in [2.45, 2.75) is 38.3 Å². The Morgan fingerprint density at radius 2 is 1.35 bits per heavy atom. The maximum atomic E-state index is 15.4. The zero-order valence-electron chi connectivity index (χ0n) is 12.8. The first-order chi connectivity index (χ1) is 9.38. The van der Waals surface area contributed by atoms with Crippen LogP contribution in [0.4, 0.5) is 4.39 Å². The lowest BCUT2D eigenvalue weighted by Crippen LogP contribution is -2.45. The van der Waals surface area contributed by atoms with Crippen LogP contribution in [0.3, 0.4) is 0 Å². The Hall–Kier alpha value is -1.41. The molecule has 0 saturated heterocycles. The largest absolute Gasteiger partial charge is 0.243 e. The van der Waals surface area contributed by atoms with Gasteiger partial charge in [0.25, 0.3) is 0 Å². The first-order valence-electron chi connectivity index (χ1n) is 7.23. The van der Waals surface area contributed by atoms with Crippen molar-refractivity contribution in [2.75, 3.05) is 0 Å². The van der Waals surface area contributed by atoms with Gasteiger partial charge in [-0.25, -0.2) is 4.39 Å². The summed E-state index contributed by atoms with van der Waals surface area (Å²) in [6.07, 6.45) is 0.549. The summed E-state index contributed by atoms with van der Waals surface area (Å²) in [5.41, 5.74) is 3.15. The molecule has 0 bridgehead atoms. The van der Waals surface area contributed by atoms with Crippen LogP contribution in [0.2, 0.25) is 19.6 Å². The van der Waals surface area contributed by atoms with Gasteiger partial charge in [0, 0.05) is 0 Å². The van der Waals surface area contributed by atoms with Crippen molar-refractivity contribution in [3.8, 4) is 11.1 Å². The van der Waals surface area contributed by atoms with Crippen LogP contribution < -0.4 is 0 Å². The number of alkyl halides is 1. The fourth-order valence-corrected chi connectivity index (χ4v) is 4.82. The van der Waals surface area contributed by atoms with Gasteiger partial charge in [0.2, 0.25) is 0 Å². The van der Waals surface area contributed by atoms with Crippen molar-refractivity contribution in [3.63, 3.8) is 0 Å². The second-order valence-corrected chi connectivity index (χ2v) is 11.6. The van der Waals surface area contributed by atoms with E-state index in [0.717, 1.165) is 11.1 Å². The van der Waals surface area contributed by atoms with Crippen molar-refractivity contribution >= 4 is 8.07 Å². The average Bonchev–Trinajstić information content (AvgIpc) is 2.46. The number of hydrogen-bond donors (Lipinski definition) is 0. The van der Waals surface area contributed by atoms with Crippen molar-refractivity contribution < 1.29 is 4.39 Å². The quantitative estimate of drug-likeness (QED) is 0.622. The molecule has 106 valence electrons. The van der Waals surface area contributed by atoms with Gasteiger partial charge in [-0.3, -0.25) is 0 Å². The van der Waals surface area contributed by atoms with E-state index >= 15 is 4.39 Å². The molecular formula is C18H23FSi. The van der Waals surface area contributed by atoms with Crippen LogP contribution in [0, 0.1) is 0 Å². The van der Waals surface area contributed by atoms with Crippen molar-refractivity contribution in [1.82, 2.24) is 0 Å². The molecule has 2 heteroatoms. The predicted octanol–water partition coefficient (Wildman–Crippen LogP) is 5.81. The van der Waals surface area contributed by atoms with Gasteiger partial charge in [-0.1, -0.05) is 81.2 Å². The molecule has 0 spiro atoms. The molecule has 2 rings (SSSR count). The highest BCUT2D eigenvalue weighted by Gasteiger charge is 2.43. The van der Waals surface area contributed by atoms with E-state index in [0.29, 0.717) is 6.42 Å². The molecule has 0 saturated carbocycles. The van der Waals surface area contributed by atoms with Crippen LogP contribution in [-0.4, -0.2) is 8.07 Å². The summed E-state index contributed by atoms with van der Waals surface area (Å²) in [5.74, 6) is 0. The summed E-state index contributed by atoms with van der Waals surface area (Å²) < 4.78 is 15.4. The molecule has 0 amide bonds. The molecular weight excluding hydrogens is 263 g/mol. The molecule has 0 heterocycles. The summed E-state index contributed by atoms with van der Waals surface area (Å²) in [6.45, 7) is 8.24. The van der Waals surface area contributed by atoms with E-state index in [4.69, 9.17) is 0 Å². The maximum absolute atomic E-state index is 15.4. The van der Waals surface area contributed by atoms with Gasteiger partial charge >= 0.3 is 0 Å². The Kier molecular flexibility index (Phi) is 4.14. The first kappa shape index (κ1) is 15.0. The second kappa shape index (κ2) is 5.53. The minimum atomic E-state index is -1.92. The van der Waals surface area contributed by atoms with E-state index in [1.165, 1.54) is 5.56 Å². The van der Waals surface area contributed by atoms with E-state index in [1.54, 1.807) is 0 Å². The minimum absolute atomic E-state index is 0.549. The third-order valence-electron chi connectivity index (χ3n) is 4.13. The van der Waals surface area contributed by atoms with Gasteiger partial charge in [-0.15, -0.1) is 0 Å². The molecule has 0 aliphatic rings. The molecule has 2 aromatic carbocycles. The average molecular weight is 286 g/mol. The van der Waals surface area contributed by atoms with Crippen LogP contribution in [0.5, 0.6) is 0 Å². The summed E-state index contributed by atoms with van der Waals surface area (Å²) in [7, 11) is -1.92. The molecule has 1 atom stereocenters. The van der Waals surface area contributed by atoms with Crippen molar-refractivity contribution in [2.24, 2.45) is 0 Å². The summed E-state index contributed by atoms with van der Waals surface area (Å²) in [4.78, 5) is 0. The molecule has 0 aliphatic carbocycles. The zero-order chi connectivity index (χ0) is 14.8. The summed E-state index contributed by atoms with van der Waals surface area (Å²) >= 11 is 0. The Balaban J connectivity index is 2.38. The Morgan fingerprint density at radius 1 is 0.850 bits per heavy atom. The third kappa shape index (κ3) is 2.71. The Bertz CT molecular complexity index is 554. The zero-order valence-corrected chi connectivity index (χ0v) is 13.8. The highest BCUT2D eigenvalue weighted by Crippen LogP contribution is 2.39. The standard InChI is InChI=1S/C18H23FSi/c1-5-18(19,20(2,3)4)17-13-11-16(12-14-17)15-9-7-6-8-10-15/h6-14H,5H2,1-4H3. The number of halogens is 1. The van der Waals surface area contributed by atoms with Crippen molar-refractivity contribution in [3.05, 3.63) is 60.2 Å². The van der Waals surface area contributed by atoms with Gasteiger partial charge in [0.15, 0.2) is 0 Å². The highest BCUT2D eigenvalue weighted by molar-refractivity contribution is 6.78. The fraction of sp³-hybridized carbons (Fsp3) is 0.333. The van der Waals surface area contributed by atoms with Gasteiger partial charge in [0.05, 0.1) is 8.07 Å². The summed E-state index contributed by atoms with van der Waals surface area (Å²) in [5, 5.41) is -1.15. The molecule has 0 fully saturated rings. The molecule has 0 radical (unpaired) electrons. The number of rotatable bonds is 4. The molecule has 2 aromatic rings. The second-order valence-electron chi connectivity index (χ2n) is 6.35. The lowest BCUT2D eigenvalue weighted by Gasteiger charge is -2.36. The molecule has 0 nitrogen and oxygen atoms in total.